The van der Waals surface area contributed by atoms with Crippen LogP contribution in [0.5, 0.6) is 11.5 Å². The van der Waals surface area contributed by atoms with Crippen molar-refractivity contribution in [3.05, 3.63) is 64.2 Å². The number of carbonyl (C=O) groups excluding carboxylic acids is 2. The summed E-state index contributed by atoms with van der Waals surface area (Å²) in [5, 5.41) is 13.3. The van der Waals surface area contributed by atoms with E-state index in [0.717, 1.165) is 5.56 Å². The molecule has 0 fully saturated rings. The molecule has 33 heavy (non-hydrogen) atoms. The van der Waals surface area contributed by atoms with Gasteiger partial charge in [-0.1, -0.05) is 12.1 Å². The summed E-state index contributed by atoms with van der Waals surface area (Å²) in [5.74, 6) is 0.114. The molecular weight excluding hydrogens is 428 g/mol. The van der Waals surface area contributed by atoms with E-state index in [1.54, 1.807) is 32.9 Å². The van der Waals surface area contributed by atoms with Crippen molar-refractivity contribution in [2.24, 2.45) is 0 Å². The Morgan fingerprint density at radius 3 is 2.15 bits per heavy atom. The van der Waals surface area contributed by atoms with Crippen LogP contribution in [-0.2, 0) is 16.0 Å². The van der Waals surface area contributed by atoms with Crippen LogP contribution in [-0.4, -0.2) is 34.2 Å². The van der Waals surface area contributed by atoms with Crippen LogP contribution < -0.4 is 14.8 Å². The van der Waals surface area contributed by atoms with Crippen LogP contribution in [0.3, 0.4) is 0 Å². The van der Waals surface area contributed by atoms with Gasteiger partial charge in [-0.05, 0) is 71.4 Å². The van der Waals surface area contributed by atoms with Gasteiger partial charge in [-0.3, -0.25) is 10.1 Å². The Morgan fingerprint density at radius 2 is 1.61 bits per heavy atom. The maximum Gasteiger partial charge on any atom is 0.413 e. The second kappa shape index (κ2) is 10.3. The van der Waals surface area contributed by atoms with Gasteiger partial charge in [-0.15, -0.1) is 0 Å². The molecule has 0 aromatic heterocycles. The normalized spacial score (nSPS) is 12.4. The molecule has 2 aromatic carbocycles. The average molecular weight is 459 g/mol. The Morgan fingerprint density at radius 1 is 0.970 bits per heavy atom. The number of non-ortho nitro benzene ring substituents is 1. The van der Waals surface area contributed by atoms with Crippen molar-refractivity contribution in [1.29, 1.82) is 0 Å². The first kappa shape index (κ1) is 25.6. The highest BCUT2D eigenvalue weighted by Crippen LogP contribution is 2.21. The lowest BCUT2D eigenvalue weighted by Gasteiger charge is -2.25. The number of esters is 1. The summed E-state index contributed by atoms with van der Waals surface area (Å²) in [6.45, 7) is 11.0. The molecule has 9 nitrogen and oxygen atoms in total. The number of hydrogen-bond donors (Lipinski definition) is 1. The SMILES string of the molecule is CC(C)(C)OC(=O)[C@H](Cc1cccc(OC(C)(C)C)c1)NC(=O)Oc1ccc([N+](=O)[O-])cc1. The molecule has 0 spiro atoms. The number of amides is 1. The van der Waals surface area contributed by atoms with E-state index in [1.807, 2.05) is 32.9 Å². The highest BCUT2D eigenvalue weighted by Gasteiger charge is 2.28. The van der Waals surface area contributed by atoms with E-state index in [1.165, 1.54) is 24.3 Å². The monoisotopic (exact) mass is 458 g/mol. The molecule has 1 atom stereocenters. The van der Waals surface area contributed by atoms with Gasteiger partial charge in [0.25, 0.3) is 5.69 Å². The molecule has 1 N–H and O–H groups in total. The average Bonchev–Trinajstić information content (AvgIpc) is 2.65. The van der Waals surface area contributed by atoms with E-state index in [0.29, 0.717) is 5.75 Å². The van der Waals surface area contributed by atoms with Gasteiger partial charge in [0.15, 0.2) is 0 Å². The standard InChI is InChI=1S/C24H30N2O7/c1-23(2,3)32-19-9-7-8-16(14-19)15-20(21(27)33-24(4,5)6)25-22(28)31-18-12-10-17(11-13-18)26(29)30/h7-14,20H,15H2,1-6H3,(H,25,28)/t20-/m0/s1. The lowest BCUT2D eigenvalue weighted by Crippen LogP contribution is -2.46. The van der Waals surface area contributed by atoms with Gasteiger partial charge in [-0.2, -0.15) is 0 Å². The molecule has 1 amide bonds. The highest BCUT2D eigenvalue weighted by molar-refractivity contribution is 5.82. The summed E-state index contributed by atoms with van der Waals surface area (Å²) >= 11 is 0. The summed E-state index contributed by atoms with van der Waals surface area (Å²) < 4.78 is 16.5. The van der Waals surface area contributed by atoms with Gasteiger partial charge in [0.2, 0.25) is 0 Å². The first-order chi connectivity index (χ1) is 15.2. The van der Waals surface area contributed by atoms with E-state index in [2.05, 4.69) is 5.32 Å². The van der Waals surface area contributed by atoms with E-state index in [9.17, 15) is 19.7 Å². The minimum absolute atomic E-state index is 0.0987. The molecule has 0 aliphatic rings. The number of nitro benzene ring substituents is 1. The smallest absolute Gasteiger partial charge is 0.413 e. The number of carbonyl (C=O) groups is 2. The predicted molar refractivity (Wildman–Crippen MR) is 122 cm³/mol. The summed E-state index contributed by atoms with van der Waals surface area (Å²) in [5.41, 5.74) is -0.526. The van der Waals surface area contributed by atoms with Gasteiger partial charge in [-0.25, -0.2) is 9.59 Å². The number of nitro groups is 1. The fourth-order valence-electron chi connectivity index (χ4n) is 2.81. The van der Waals surface area contributed by atoms with Crippen molar-refractivity contribution in [2.45, 2.75) is 65.2 Å². The molecule has 0 saturated carbocycles. The van der Waals surface area contributed by atoms with Crippen molar-refractivity contribution in [3.8, 4) is 11.5 Å². The lowest BCUT2D eigenvalue weighted by atomic mass is 10.0. The Kier molecular flexibility index (Phi) is 8.03. The second-order valence-corrected chi connectivity index (χ2v) is 9.44. The molecule has 2 rings (SSSR count). The Balaban J connectivity index is 2.16. The molecular formula is C24H30N2O7. The van der Waals surface area contributed by atoms with Crippen molar-refractivity contribution in [1.82, 2.24) is 5.32 Å². The predicted octanol–water partition coefficient (Wildman–Crippen LogP) is 4.81. The fraction of sp³-hybridized carbons (Fsp3) is 0.417. The third kappa shape index (κ3) is 9.18. The zero-order valence-corrected chi connectivity index (χ0v) is 19.7. The van der Waals surface area contributed by atoms with Gasteiger partial charge >= 0.3 is 12.1 Å². The van der Waals surface area contributed by atoms with E-state index < -0.39 is 34.2 Å². The van der Waals surface area contributed by atoms with E-state index in [-0.39, 0.29) is 17.9 Å². The maximum absolute atomic E-state index is 12.8. The van der Waals surface area contributed by atoms with E-state index >= 15 is 0 Å². The van der Waals surface area contributed by atoms with Crippen LogP contribution in [0, 0.1) is 10.1 Å². The van der Waals surface area contributed by atoms with E-state index in [4.69, 9.17) is 14.2 Å². The van der Waals surface area contributed by atoms with Crippen molar-refractivity contribution in [2.75, 3.05) is 0 Å². The summed E-state index contributed by atoms with van der Waals surface area (Å²) in [6, 6.07) is 11.2. The Bertz CT molecular complexity index is 989. The molecule has 0 radical (unpaired) electrons. The number of rotatable bonds is 7. The lowest BCUT2D eigenvalue weighted by molar-refractivity contribution is -0.384. The third-order valence-corrected chi connectivity index (χ3v) is 4.00. The minimum Gasteiger partial charge on any atom is -0.488 e. The molecule has 178 valence electrons. The van der Waals surface area contributed by atoms with Crippen molar-refractivity contribution < 1.29 is 28.7 Å². The third-order valence-electron chi connectivity index (χ3n) is 4.00. The molecule has 0 aliphatic carbocycles. The van der Waals surface area contributed by atoms with Gasteiger partial charge < -0.3 is 19.5 Å². The highest BCUT2D eigenvalue weighted by atomic mass is 16.6. The van der Waals surface area contributed by atoms with Crippen LogP contribution in [0.4, 0.5) is 10.5 Å². The molecule has 0 saturated heterocycles. The Hall–Kier alpha value is -3.62. The van der Waals surface area contributed by atoms with Gasteiger partial charge in [0.1, 0.15) is 28.7 Å². The first-order valence-corrected chi connectivity index (χ1v) is 10.5. The number of ether oxygens (including phenoxy) is 3. The van der Waals surface area contributed by atoms with Gasteiger partial charge in [0, 0.05) is 18.6 Å². The summed E-state index contributed by atoms with van der Waals surface area (Å²) in [6.07, 6.45) is -0.743. The number of benzene rings is 2. The van der Waals surface area contributed by atoms with Crippen LogP contribution in [0.25, 0.3) is 0 Å². The fourth-order valence-corrected chi connectivity index (χ4v) is 2.81. The largest absolute Gasteiger partial charge is 0.488 e. The maximum atomic E-state index is 12.8. The van der Waals surface area contributed by atoms with Crippen LogP contribution >= 0.6 is 0 Å². The summed E-state index contributed by atoms with van der Waals surface area (Å²) in [4.78, 5) is 35.5. The van der Waals surface area contributed by atoms with Crippen LogP contribution in [0.15, 0.2) is 48.5 Å². The van der Waals surface area contributed by atoms with Crippen molar-refractivity contribution in [3.63, 3.8) is 0 Å². The summed E-state index contributed by atoms with van der Waals surface area (Å²) in [7, 11) is 0. The number of nitrogens with zero attached hydrogens (tertiary/aromatic N) is 1. The van der Waals surface area contributed by atoms with Crippen molar-refractivity contribution >= 4 is 17.7 Å². The molecule has 0 aliphatic heterocycles. The second-order valence-electron chi connectivity index (χ2n) is 9.44. The topological polar surface area (TPSA) is 117 Å². The van der Waals surface area contributed by atoms with Crippen LogP contribution in [0.2, 0.25) is 0 Å². The van der Waals surface area contributed by atoms with Gasteiger partial charge in [0.05, 0.1) is 4.92 Å². The van der Waals surface area contributed by atoms with Crippen LogP contribution in [0.1, 0.15) is 47.1 Å². The molecule has 0 unspecified atom stereocenters. The zero-order chi connectivity index (χ0) is 24.8. The Labute approximate surface area is 193 Å². The molecule has 0 bridgehead atoms. The number of hydrogen-bond acceptors (Lipinski definition) is 7. The molecule has 9 heteroatoms. The number of nitrogens with one attached hydrogen (secondary N) is 1. The zero-order valence-electron chi connectivity index (χ0n) is 19.7. The molecule has 2 aromatic rings. The molecule has 0 heterocycles. The first-order valence-electron chi connectivity index (χ1n) is 10.5. The quantitative estimate of drug-likeness (QED) is 0.359. The minimum atomic E-state index is -1.03.